The molecule has 150 valence electrons. The number of aryl methyl sites for hydroxylation is 1. The predicted molar refractivity (Wildman–Crippen MR) is 119 cm³/mol. The molecule has 0 unspecified atom stereocenters. The van der Waals surface area contributed by atoms with Crippen LogP contribution in [0.4, 0.5) is 10.1 Å². The fraction of sp³-hybridized carbons (Fsp3) is 0.0833. The van der Waals surface area contributed by atoms with Gasteiger partial charge in [-0.05, 0) is 72.3 Å². The number of hydrogen-bond acceptors (Lipinski definition) is 4. The van der Waals surface area contributed by atoms with Crippen molar-refractivity contribution >= 4 is 34.6 Å². The third kappa shape index (κ3) is 5.15. The number of nitrogens with one attached hydrogen (secondary N) is 1. The Labute approximate surface area is 178 Å². The quantitative estimate of drug-likeness (QED) is 0.549. The maximum absolute atomic E-state index is 13.0. The van der Waals surface area contributed by atoms with Crippen LogP contribution in [0.2, 0.25) is 0 Å². The SMILES string of the molecule is Cc1ccc(COc2ccc(/C=C3/SC(=Nc4ccc(F)cc4)NC3=O)cc2)cc1. The van der Waals surface area contributed by atoms with Gasteiger partial charge in [-0.25, -0.2) is 9.38 Å². The van der Waals surface area contributed by atoms with Crippen LogP contribution in [0, 0.1) is 12.7 Å². The van der Waals surface area contributed by atoms with Crippen molar-refractivity contribution in [3.8, 4) is 5.75 Å². The van der Waals surface area contributed by atoms with Gasteiger partial charge in [-0.1, -0.05) is 42.0 Å². The third-order valence-electron chi connectivity index (χ3n) is 4.41. The van der Waals surface area contributed by atoms with Crippen LogP contribution in [0.5, 0.6) is 5.75 Å². The summed E-state index contributed by atoms with van der Waals surface area (Å²) in [5.74, 6) is 0.231. The van der Waals surface area contributed by atoms with Crippen molar-refractivity contribution in [1.82, 2.24) is 5.32 Å². The molecular formula is C24H19FN2O2S. The lowest BCUT2D eigenvalue weighted by Crippen LogP contribution is -2.19. The monoisotopic (exact) mass is 418 g/mol. The van der Waals surface area contributed by atoms with Crippen molar-refractivity contribution < 1.29 is 13.9 Å². The largest absolute Gasteiger partial charge is 0.489 e. The molecule has 1 N–H and O–H groups in total. The Morgan fingerprint density at radius 1 is 1.00 bits per heavy atom. The molecule has 0 spiro atoms. The summed E-state index contributed by atoms with van der Waals surface area (Å²) < 4.78 is 18.8. The van der Waals surface area contributed by atoms with E-state index in [0.29, 0.717) is 22.4 Å². The van der Waals surface area contributed by atoms with Gasteiger partial charge in [0.15, 0.2) is 5.17 Å². The van der Waals surface area contributed by atoms with Gasteiger partial charge in [-0.15, -0.1) is 0 Å². The molecule has 1 fully saturated rings. The Hall–Kier alpha value is -3.38. The van der Waals surface area contributed by atoms with Gasteiger partial charge in [0, 0.05) is 0 Å². The Kier molecular flexibility index (Phi) is 5.95. The summed E-state index contributed by atoms with van der Waals surface area (Å²) >= 11 is 1.25. The summed E-state index contributed by atoms with van der Waals surface area (Å²) in [7, 11) is 0. The standard InChI is InChI=1S/C24H19FN2O2S/c1-16-2-4-18(5-3-16)15-29-21-12-6-17(7-13-21)14-22-23(28)27-24(30-22)26-20-10-8-19(25)9-11-20/h2-14H,15H2,1H3,(H,26,27,28)/b22-14+. The van der Waals surface area contributed by atoms with Gasteiger partial charge in [0.25, 0.3) is 5.91 Å². The van der Waals surface area contributed by atoms with E-state index in [4.69, 9.17) is 4.74 Å². The summed E-state index contributed by atoms with van der Waals surface area (Å²) in [4.78, 5) is 17.1. The second-order valence-corrected chi connectivity index (χ2v) is 7.83. The van der Waals surface area contributed by atoms with E-state index in [9.17, 15) is 9.18 Å². The van der Waals surface area contributed by atoms with Gasteiger partial charge in [0.05, 0.1) is 10.6 Å². The highest BCUT2D eigenvalue weighted by molar-refractivity contribution is 8.18. The Morgan fingerprint density at radius 2 is 1.70 bits per heavy atom. The summed E-state index contributed by atoms with van der Waals surface area (Å²) in [6, 6.07) is 21.6. The highest BCUT2D eigenvalue weighted by Crippen LogP contribution is 2.28. The number of aliphatic imine (C=N–C) groups is 1. The van der Waals surface area contributed by atoms with Gasteiger partial charge < -0.3 is 10.1 Å². The van der Waals surface area contributed by atoms with E-state index < -0.39 is 0 Å². The Balaban J connectivity index is 1.39. The van der Waals surface area contributed by atoms with Gasteiger partial charge >= 0.3 is 0 Å². The highest BCUT2D eigenvalue weighted by atomic mass is 32.2. The first-order valence-corrected chi connectivity index (χ1v) is 10.2. The summed E-state index contributed by atoms with van der Waals surface area (Å²) in [5.41, 5.74) is 3.79. The van der Waals surface area contributed by atoms with Gasteiger partial charge in [0.2, 0.25) is 0 Å². The number of halogens is 1. The molecule has 4 rings (SSSR count). The van der Waals surface area contributed by atoms with Crippen LogP contribution in [-0.4, -0.2) is 11.1 Å². The van der Waals surface area contributed by atoms with Crippen LogP contribution in [-0.2, 0) is 11.4 Å². The molecule has 1 aliphatic rings. The first kappa shape index (κ1) is 19.9. The van der Waals surface area contributed by atoms with Crippen molar-refractivity contribution in [2.75, 3.05) is 0 Å². The number of thioether (sulfide) groups is 1. The molecule has 4 nitrogen and oxygen atoms in total. The van der Waals surface area contributed by atoms with Gasteiger partial charge in [-0.2, -0.15) is 0 Å². The number of ether oxygens (including phenoxy) is 1. The number of carbonyl (C=O) groups is 1. The van der Waals surface area contributed by atoms with Crippen molar-refractivity contribution in [2.45, 2.75) is 13.5 Å². The molecule has 1 heterocycles. The first-order valence-electron chi connectivity index (χ1n) is 9.39. The lowest BCUT2D eigenvalue weighted by Gasteiger charge is -2.07. The van der Waals surface area contributed by atoms with Crippen molar-refractivity contribution in [1.29, 1.82) is 0 Å². The molecule has 0 aliphatic carbocycles. The van der Waals surface area contributed by atoms with Crippen LogP contribution in [0.1, 0.15) is 16.7 Å². The molecule has 1 amide bonds. The molecule has 3 aromatic rings. The average Bonchev–Trinajstić information content (AvgIpc) is 3.09. The normalized spacial score (nSPS) is 16.1. The molecular weight excluding hydrogens is 399 g/mol. The zero-order chi connectivity index (χ0) is 20.9. The van der Waals surface area contributed by atoms with Crippen LogP contribution in [0.15, 0.2) is 82.7 Å². The van der Waals surface area contributed by atoms with E-state index in [0.717, 1.165) is 16.9 Å². The third-order valence-corrected chi connectivity index (χ3v) is 5.32. The van der Waals surface area contributed by atoms with Crippen molar-refractivity contribution in [3.63, 3.8) is 0 Å². The average molecular weight is 418 g/mol. The summed E-state index contributed by atoms with van der Waals surface area (Å²) in [6.45, 7) is 2.56. The topological polar surface area (TPSA) is 50.7 Å². The maximum Gasteiger partial charge on any atom is 0.264 e. The number of benzene rings is 3. The smallest absolute Gasteiger partial charge is 0.264 e. The molecule has 1 aliphatic heterocycles. The Bertz CT molecular complexity index is 1110. The number of carbonyl (C=O) groups excluding carboxylic acids is 1. The van der Waals surface area contributed by atoms with Crippen LogP contribution in [0.3, 0.4) is 0 Å². The molecule has 0 aromatic heterocycles. The zero-order valence-electron chi connectivity index (χ0n) is 16.3. The van der Waals surface area contributed by atoms with E-state index in [2.05, 4.69) is 41.5 Å². The van der Waals surface area contributed by atoms with Crippen LogP contribution in [0.25, 0.3) is 6.08 Å². The number of hydrogen-bond donors (Lipinski definition) is 1. The van der Waals surface area contributed by atoms with E-state index in [1.54, 1.807) is 18.2 Å². The maximum atomic E-state index is 13.0. The van der Waals surface area contributed by atoms with Crippen LogP contribution < -0.4 is 10.1 Å². The molecule has 0 bridgehead atoms. The second kappa shape index (κ2) is 8.97. The van der Waals surface area contributed by atoms with E-state index in [1.165, 1.54) is 29.5 Å². The lowest BCUT2D eigenvalue weighted by atomic mass is 10.1. The van der Waals surface area contributed by atoms with Gasteiger partial charge in [-0.3, -0.25) is 4.79 Å². The van der Waals surface area contributed by atoms with Crippen molar-refractivity contribution in [3.05, 3.63) is 100 Å². The molecule has 0 saturated carbocycles. The minimum Gasteiger partial charge on any atom is -0.489 e. The van der Waals surface area contributed by atoms with E-state index in [-0.39, 0.29) is 11.7 Å². The Morgan fingerprint density at radius 3 is 2.40 bits per heavy atom. The molecule has 0 atom stereocenters. The molecule has 6 heteroatoms. The summed E-state index contributed by atoms with van der Waals surface area (Å²) in [5, 5.41) is 3.20. The minimum atomic E-state index is -0.325. The molecule has 30 heavy (non-hydrogen) atoms. The van der Waals surface area contributed by atoms with E-state index >= 15 is 0 Å². The second-order valence-electron chi connectivity index (χ2n) is 6.80. The number of nitrogens with zero attached hydrogens (tertiary/aromatic N) is 1. The molecule has 1 saturated heterocycles. The number of rotatable bonds is 5. The summed E-state index contributed by atoms with van der Waals surface area (Å²) in [6.07, 6.45) is 1.80. The first-order chi connectivity index (χ1) is 14.5. The zero-order valence-corrected chi connectivity index (χ0v) is 17.1. The lowest BCUT2D eigenvalue weighted by molar-refractivity contribution is -0.115. The number of amidine groups is 1. The fourth-order valence-corrected chi connectivity index (χ4v) is 3.62. The van der Waals surface area contributed by atoms with E-state index in [1.807, 2.05) is 24.3 Å². The van der Waals surface area contributed by atoms with Crippen LogP contribution >= 0.6 is 11.8 Å². The predicted octanol–water partition coefficient (Wildman–Crippen LogP) is 5.60. The molecule has 3 aromatic carbocycles. The number of amides is 1. The minimum absolute atomic E-state index is 0.208. The highest BCUT2D eigenvalue weighted by Gasteiger charge is 2.23. The van der Waals surface area contributed by atoms with Crippen molar-refractivity contribution in [2.24, 2.45) is 4.99 Å². The van der Waals surface area contributed by atoms with Gasteiger partial charge in [0.1, 0.15) is 18.2 Å². The molecule has 0 radical (unpaired) electrons. The fourth-order valence-electron chi connectivity index (χ4n) is 2.78.